The molecule has 0 bridgehead atoms. The van der Waals surface area contributed by atoms with E-state index in [9.17, 15) is 0 Å². The van der Waals surface area contributed by atoms with Crippen molar-refractivity contribution in [2.75, 3.05) is 0 Å². The predicted molar refractivity (Wildman–Crippen MR) is 110 cm³/mol. The Labute approximate surface area is 156 Å². The molecule has 1 unspecified atom stereocenters. The summed E-state index contributed by atoms with van der Waals surface area (Å²) in [5.74, 6) is 0. The second-order valence-electron chi connectivity index (χ2n) is 7.51. The molecule has 0 spiro atoms. The number of allylic oxidation sites excluding steroid dienone is 5. The molecule has 0 fully saturated rings. The van der Waals surface area contributed by atoms with Gasteiger partial charge in [0.25, 0.3) is 0 Å². The molecule has 3 heteroatoms. The second-order valence-corrected chi connectivity index (χ2v) is 11.4. The van der Waals surface area contributed by atoms with Gasteiger partial charge in [-0.25, -0.2) is 0 Å². The molecule has 0 aromatic heterocycles. The van der Waals surface area contributed by atoms with E-state index >= 15 is 0 Å². The van der Waals surface area contributed by atoms with Crippen LogP contribution in [0.4, 0.5) is 0 Å². The third kappa shape index (κ3) is 6.70. The van der Waals surface area contributed by atoms with Crippen molar-refractivity contribution in [1.82, 2.24) is 5.32 Å². The van der Waals surface area contributed by atoms with Crippen molar-refractivity contribution in [1.29, 1.82) is 0 Å². The first-order valence-corrected chi connectivity index (χ1v) is 12.1. The molecule has 1 nitrogen and oxygen atoms in total. The van der Waals surface area contributed by atoms with E-state index in [1.165, 1.54) is 11.1 Å². The van der Waals surface area contributed by atoms with E-state index in [0.717, 1.165) is 0 Å². The third-order valence-corrected chi connectivity index (χ3v) is 7.13. The number of hydrogen-bond acceptors (Lipinski definition) is 1. The van der Waals surface area contributed by atoms with E-state index in [0.29, 0.717) is 0 Å². The smallest absolute Gasteiger partial charge is 0.0149 e. The van der Waals surface area contributed by atoms with Crippen LogP contribution in [0.25, 0.3) is 0 Å². The molecule has 23 heavy (non-hydrogen) atoms. The van der Waals surface area contributed by atoms with Crippen molar-refractivity contribution in [3.05, 3.63) is 45.4 Å². The van der Waals surface area contributed by atoms with Gasteiger partial charge in [0.05, 0.1) is 0 Å². The van der Waals surface area contributed by atoms with E-state index in [1.807, 2.05) is 19.1 Å². The molecule has 0 aromatic rings. The molecule has 0 amide bonds. The Bertz CT molecular complexity index is 492. The maximum Gasteiger partial charge on any atom is -0.0149 e. The molecule has 0 aromatic carbocycles. The first-order chi connectivity index (χ1) is 9.92. The van der Waals surface area contributed by atoms with Crippen molar-refractivity contribution >= 4 is 11.0 Å². The van der Waals surface area contributed by atoms with Gasteiger partial charge >= 0.3 is 114 Å². The van der Waals surface area contributed by atoms with Gasteiger partial charge < -0.3 is 0 Å². The van der Waals surface area contributed by atoms with Gasteiger partial charge in [-0.3, -0.25) is 0 Å². The fourth-order valence-corrected chi connectivity index (χ4v) is 6.74. The van der Waals surface area contributed by atoms with E-state index in [1.54, 1.807) is 15.5 Å². The fourth-order valence-electron chi connectivity index (χ4n) is 3.32. The summed E-state index contributed by atoms with van der Waals surface area (Å²) in [6.45, 7) is 21.5. The number of nitrogens with one attached hydrogen (secondary N) is 1. The Hall–Kier alpha value is -0.149. The zero-order valence-corrected chi connectivity index (χ0v) is 18.0. The molecule has 1 N–H and O–H groups in total. The first-order valence-electron chi connectivity index (χ1n) is 8.15. The summed E-state index contributed by atoms with van der Waals surface area (Å²) in [6, 6.07) is 0. The molecule has 0 radical (unpaired) electrons. The molecule has 0 heterocycles. The van der Waals surface area contributed by atoms with Crippen molar-refractivity contribution in [2.24, 2.45) is 0 Å². The average Bonchev–Trinajstić information content (AvgIpc) is 2.50. The minimum absolute atomic E-state index is 0. The van der Waals surface area contributed by atoms with E-state index in [4.69, 9.17) is 0 Å². The Balaban J connectivity index is 0. The quantitative estimate of drug-likeness (QED) is 0.557. The Kier molecular flexibility index (Phi) is 10.9. The van der Waals surface area contributed by atoms with Crippen LogP contribution in [-0.4, -0.2) is 22.0 Å². The molecular weight excluding hydrogens is 330 g/mol. The van der Waals surface area contributed by atoms with Gasteiger partial charge in [0.1, 0.15) is 0 Å². The van der Waals surface area contributed by atoms with Crippen LogP contribution in [0.1, 0.15) is 55.4 Å². The maximum absolute atomic E-state index is 3.86. The summed E-state index contributed by atoms with van der Waals surface area (Å²) in [5, 5.41) is 8.79. The molecule has 1 rings (SSSR count). The molecule has 1 atom stereocenters. The van der Waals surface area contributed by atoms with E-state index < -0.39 is 17.9 Å². The topological polar surface area (TPSA) is 12.0 Å². The van der Waals surface area contributed by atoms with Crippen molar-refractivity contribution < 1.29 is 17.9 Å². The molecule has 1 aliphatic carbocycles. The Morgan fingerprint density at radius 1 is 1.09 bits per heavy atom. The van der Waals surface area contributed by atoms with Crippen molar-refractivity contribution in [2.45, 2.75) is 76.9 Å². The minimum Gasteiger partial charge on any atom is -0.0149 e. The maximum atomic E-state index is 3.86. The van der Waals surface area contributed by atoms with Crippen LogP contribution in [0.2, 0.25) is 10.5 Å². The first kappa shape index (κ1) is 25.1. The molecule has 0 saturated heterocycles. The van der Waals surface area contributed by atoms with E-state index in [-0.39, 0.29) is 22.0 Å². The average molecular weight is 371 g/mol. The molecular formula is C20H40NSiTi. The van der Waals surface area contributed by atoms with Crippen LogP contribution in [0, 0.1) is 0 Å². The standard InChI is InChI=1S/C13H22N.C5H8.2CH3.H4Si.Ti/c1-9-8-13(7,11(3)10(9)2)14-12(4,5)6;1-3-5-4-2;;;;/h14H,1-7H3;3-5H,1H2,2H3;2*1H3;1H4;. The van der Waals surface area contributed by atoms with Crippen molar-refractivity contribution in [3.8, 4) is 0 Å². The monoisotopic (exact) mass is 370 g/mol. The van der Waals surface area contributed by atoms with Gasteiger partial charge in [-0.05, 0) is 17.9 Å². The predicted octanol–water partition coefficient (Wildman–Crippen LogP) is 4.77. The van der Waals surface area contributed by atoms with Gasteiger partial charge in [0.15, 0.2) is 0 Å². The Morgan fingerprint density at radius 2 is 1.57 bits per heavy atom. The number of rotatable bonds is 3. The summed E-state index contributed by atoms with van der Waals surface area (Å²) in [5.41, 5.74) is 4.84. The van der Waals surface area contributed by atoms with Gasteiger partial charge in [-0.15, -0.1) is 0 Å². The largest absolute Gasteiger partial charge is 0.0149 e. The van der Waals surface area contributed by atoms with Crippen LogP contribution in [0.3, 0.4) is 0 Å². The Morgan fingerprint density at radius 3 is 1.83 bits per heavy atom. The SMILES string of the molecule is C=CC=CC.CC1=C(C)C(C)(NC(C)(C)C)[C]([Ti]([CH3])[CH3])=C1C.[SiH4]. The molecule has 1 aliphatic rings. The van der Waals surface area contributed by atoms with Crippen LogP contribution in [0.5, 0.6) is 0 Å². The van der Waals surface area contributed by atoms with Gasteiger partial charge in [-0.1, -0.05) is 24.8 Å². The summed E-state index contributed by atoms with van der Waals surface area (Å²) >= 11 is -1.07. The number of hydrogen-bond donors (Lipinski definition) is 1. The molecule has 0 saturated carbocycles. The zero-order chi connectivity index (χ0) is 17.7. The van der Waals surface area contributed by atoms with Crippen LogP contribution in [0.15, 0.2) is 45.4 Å². The van der Waals surface area contributed by atoms with Crippen LogP contribution in [-0.2, 0) is 17.9 Å². The summed E-state index contributed by atoms with van der Waals surface area (Å²) in [7, 11) is 0. The van der Waals surface area contributed by atoms with Crippen LogP contribution < -0.4 is 5.32 Å². The van der Waals surface area contributed by atoms with E-state index in [2.05, 4.69) is 70.8 Å². The summed E-state index contributed by atoms with van der Waals surface area (Å²) in [6.07, 6.45) is 5.58. The van der Waals surface area contributed by atoms with Gasteiger partial charge in [0, 0.05) is 0 Å². The third-order valence-electron chi connectivity index (χ3n) is 4.20. The zero-order valence-electron chi connectivity index (χ0n) is 16.4. The minimum atomic E-state index is -1.07. The second kappa shape index (κ2) is 9.98. The molecule has 133 valence electrons. The normalized spacial score (nSPS) is 21.1. The van der Waals surface area contributed by atoms with Gasteiger partial charge in [-0.2, -0.15) is 0 Å². The summed E-state index contributed by atoms with van der Waals surface area (Å²) < 4.78 is 1.72. The molecule has 0 aliphatic heterocycles. The van der Waals surface area contributed by atoms with Crippen molar-refractivity contribution in [3.63, 3.8) is 0 Å². The van der Waals surface area contributed by atoms with Crippen LogP contribution >= 0.6 is 0 Å². The van der Waals surface area contributed by atoms with Gasteiger partial charge in [0.2, 0.25) is 0 Å². The fraction of sp³-hybridized carbons (Fsp3) is 0.600. The summed E-state index contributed by atoms with van der Waals surface area (Å²) in [4.78, 5) is 0.